The first-order valence-electron chi connectivity index (χ1n) is 14.9. The van der Waals surface area contributed by atoms with Crippen molar-refractivity contribution in [1.29, 1.82) is 0 Å². The number of esters is 4. The van der Waals surface area contributed by atoms with Gasteiger partial charge in [-0.2, -0.15) is 0 Å². The summed E-state index contributed by atoms with van der Waals surface area (Å²) < 4.78 is 29.2. The first kappa shape index (κ1) is 31.3. The Balaban J connectivity index is 0.00000372. The molecular formula is C35H32ClNO9. The molecule has 0 saturated carbocycles. The maximum atomic E-state index is 13.5. The van der Waals surface area contributed by atoms with E-state index >= 15 is 0 Å². The van der Waals surface area contributed by atoms with Crippen LogP contribution in [-0.4, -0.2) is 54.5 Å². The molecule has 1 spiro atoms. The fourth-order valence-electron chi connectivity index (χ4n) is 7.56. The number of likely N-dealkylation sites (N-methyl/N-ethyl adjacent to an activating group) is 1. The highest BCUT2D eigenvalue weighted by atomic mass is 35.5. The molecule has 2 bridgehead atoms. The Bertz CT molecular complexity index is 1800. The zero-order valence-corrected chi connectivity index (χ0v) is 26.3. The quantitative estimate of drug-likeness (QED) is 0.262. The summed E-state index contributed by atoms with van der Waals surface area (Å²) in [6, 6.07) is 16.8. The predicted molar refractivity (Wildman–Crippen MR) is 167 cm³/mol. The summed E-state index contributed by atoms with van der Waals surface area (Å²) in [5.74, 6) is -1.01. The minimum atomic E-state index is -0.697. The molecule has 238 valence electrons. The maximum Gasteiger partial charge on any atom is 0.347 e. The second-order valence-electron chi connectivity index (χ2n) is 11.9. The Morgan fingerprint density at radius 3 is 2.04 bits per heavy atom. The van der Waals surface area contributed by atoms with Gasteiger partial charge < -0.3 is 28.6 Å². The molecule has 2 heterocycles. The molecule has 1 saturated heterocycles. The Morgan fingerprint density at radius 2 is 1.41 bits per heavy atom. The third-order valence-corrected chi connectivity index (χ3v) is 9.34. The number of hydrogen-bond donors (Lipinski definition) is 0. The second kappa shape index (κ2) is 11.9. The van der Waals surface area contributed by atoms with E-state index in [1.807, 2.05) is 12.1 Å². The summed E-state index contributed by atoms with van der Waals surface area (Å²) in [6.45, 7) is 3.35. The lowest BCUT2D eigenvalue weighted by Gasteiger charge is -2.56. The molecule has 4 aliphatic rings. The van der Waals surface area contributed by atoms with Crippen molar-refractivity contribution in [1.82, 2.24) is 4.90 Å². The van der Waals surface area contributed by atoms with Crippen LogP contribution in [0.25, 0.3) is 0 Å². The standard InChI is InChI=1S/C35H31NO9.ClH/c1-19(37)41-26-10-6-4-8-22(26)33(39)43-28-14-12-21-18-25-24-13-15-29(32-35(24,16-17-36(25)3)30(21)31(28)45-32)44-34(40)23-9-5-7-11-27(23)42-20(2)38;/h4-12,14-15,24-25,32H,13,16-18H2,1-3H3;1H. The van der Waals surface area contributed by atoms with E-state index in [-0.39, 0.29) is 52.7 Å². The number of carbonyl (C=O) groups excluding carboxylic acids is 4. The highest BCUT2D eigenvalue weighted by Gasteiger charge is 2.65. The number of benzene rings is 3. The van der Waals surface area contributed by atoms with Crippen molar-refractivity contribution < 1.29 is 42.9 Å². The van der Waals surface area contributed by atoms with E-state index in [0.29, 0.717) is 17.9 Å². The van der Waals surface area contributed by atoms with Gasteiger partial charge in [-0.1, -0.05) is 30.3 Å². The van der Waals surface area contributed by atoms with Crippen LogP contribution in [-0.2, 0) is 26.2 Å². The van der Waals surface area contributed by atoms with Crippen LogP contribution < -0.4 is 18.9 Å². The van der Waals surface area contributed by atoms with Gasteiger partial charge in [0.25, 0.3) is 0 Å². The van der Waals surface area contributed by atoms with Crippen LogP contribution in [0.5, 0.6) is 23.0 Å². The van der Waals surface area contributed by atoms with Gasteiger partial charge in [-0.25, -0.2) is 9.59 Å². The molecule has 11 heteroatoms. The van der Waals surface area contributed by atoms with Crippen molar-refractivity contribution in [3.05, 3.63) is 94.8 Å². The number of rotatable bonds is 6. The first-order valence-corrected chi connectivity index (χ1v) is 14.9. The Labute approximate surface area is 271 Å². The van der Waals surface area contributed by atoms with E-state index in [9.17, 15) is 19.2 Å². The molecule has 2 aliphatic heterocycles. The molecule has 7 rings (SSSR count). The van der Waals surface area contributed by atoms with E-state index in [4.69, 9.17) is 23.7 Å². The van der Waals surface area contributed by atoms with Crippen molar-refractivity contribution >= 4 is 36.3 Å². The molecule has 4 unspecified atom stereocenters. The fourth-order valence-corrected chi connectivity index (χ4v) is 7.56. The number of ether oxygens (including phenoxy) is 5. The summed E-state index contributed by atoms with van der Waals surface area (Å²) in [4.78, 5) is 52.6. The largest absolute Gasteiger partial charge is 0.477 e. The van der Waals surface area contributed by atoms with Gasteiger partial charge in [-0.05, 0) is 80.7 Å². The second-order valence-corrected chi connectivity index (χ2v) is 11.9. The SMILES string of the molecule is CC(=O)Oc1ccccc1C(=O)OC1=CCC2C3Cc4ccc(OC(=O)c5ccccc5OC(C)=O)c5c4C2(CCN3C)C1O5.Cl. The molecular weight excluding hydrogens is 614 g/mol. The lowest BCUT2D eigenvalue weighted by molar-refractivity contribution is -0.132. The highest BCUT2D eigenvalue weighted by Crippen LogP contribution is 2.64. The number of halogens is 1. The minimum absolute atomic E-state index is 0. The minimum Gasteiger partial charge on any atom is -0.477 e. The number of para-hydroxylation sites is 2. The lowest BCUT2D eigenvalue weighted by Crippen LogP contribution is -2.63. The smallest absolute Gasteiger partial charge is 0.347 e. The first-order chi connectivity index (χ1) is 21.7. The molecule has 0 aromatic heterocycles. The Morgan fingerprint density at radius 1 is 0.804 bits per heavy atom. The van der Waals surface area contributed by atoms with Crippen molar-refractivity contribution in [2.45, 2.75) is 50.7 Å². The van der Waals surface area contributed by atoms with E-state index in [1.165, 1.54) is 26.0 Å². The normalized spacial score (nSPS) is 23.5. The molecule has 1 fully saturated rings. The van der Waals surface area contributed by atoms with E-state index in [1.54, 1.807) is 42.5 Å². The molecule has 3 aromatic carbocycles. The molecule has 46 heavy (non-hydrogen) atoms. The summed E-state index contributed by atoms with van der Waals surface area (Å²) in [7, 11) is 2.14. The fraction of sp³-hybridized carbons (Fsp3) is 0.314. The Hall–Kier alpha value is -4.67. The topological polar surface area (TPSA) is 118 Å². The summed E-state index contributed by atoms with van der Waals surface area (Å²) in [5, 5.41) is 0. The molecule has 0 radical (unpaired) electrons. The van der Waals surface area contributed by atoms with Crippen molar-refractivity contribution in [3.63, 3.8) is 0 Å². The van der Waals surface area contributed by atoms with Gasteiger partial charge in [-0.15, -0.1) is 12.4 Å². The molecule has 0 N–H and O–H groups in total. The monoisotopic (exact) mass is 645 g/mol. The molecule has 3 aromatic rings. The number of likely N-dealkylation sites (tertiary alicyclic amines) is 1. The molecule has 4 atom stereocenters. The van der Waals surface area contributed by atoms with Crippen LogP contribution in [0, 0.1) is 5.92 Å². The third kappa shape index (κ3) is 5.02. The van der Waals surface area contributed by atoms with Gasteiger partial charge in [0.15, 0.2) is 17.6 Å². The van der Waals surface area contributed by atoms with Gasteiger partial charge >= 0.3 is 23.9 Å². The summed E-state index contributed by atoms with van der Waals surface area (Å²) >= 11 is 0. The highest BCUT2D eigenvalue weighted by molar-refractivity contribution is 5.95. The summed E-state index contributed by atoms with van der Waals surface area (Å²) in [5.41, 5.74) is 1.81. The van der Waals surface area contributed by atoms with Crippen LogP contribution in [0.4, 0.5) is 0 Å². The van der Waals surface area contributed by atoms with Crippen molar-refractivity contribution in [3.8, 4) is 23.0 Å². The molecule has 10 nitrogen and oxygen atoms in total. The summed E-state index contributed by atoms with van der Waals surface area (Å²) in [6.07, 6.45) is 3.51. The van der Waals surface area contributed by atoms with Crippen LogP contribution >= 0.6 is 12.4 Å². The molecule has 0 amide bonds. The predicted octanol–water partition coefficient (Wildman–Crippen LogP) is 5.20. The Kier molecular flexibility index (Phi) is 8.12. The van der Waals surface area contributed by atoms with Gasteiger partial charge in [0.1, 0.15) is 28.4 Å². The molecule has 2 aliphatic carbocycles. The van der Waals surface area contributed by atoms with E-state index < -0.39 is 35.4 Å². The van der Waals surface area contributed by atoms with Crippen LogP contribution in [0.3, 0.4) is 0 Å². The van der Waals surface area contributed by atoms with Gasteiger partial charge in [0, 0.05) is 30.9 Å². The number of hydrogen-bond acceptors (Lipinski definition) is 10. The van der Waals surface area contributed by atoms with Crippen molar-refractivity contribution in [2.75, 3.05) is 13.6 Å². The number of carbonyl (C=O) groups is 4. The van der Waals surface area contributed by atoms with Crippen molar-refractivity contribution in [2.24, 2.45) is 5.92 Å². The lowest BCUT2D eigenvalue weighted by atomic mass is 9.53. The number of allylic oxidation sites excluding steroid dienone is 1. The van der Waals surface area contributed by atoms with Gasteiger partial charge in [0.05, 0.1) is 0 Å². The van der Waals surface area contributed by atoms with Crippen LogP contribution in [0.1, 0.15) is 58.5 Å². The zero-order chi connectivity index (χ0) is 31.5. The van der Waals surface area contributed by atoms with E-state index in [2.05, 4.69) is 11.9 Å². The maximum absolute atomic E-state index is 13.5. The van der Waals surface area contributed by atoms with Gasteiger partial charge in [-0.3, -0.25) is 9.59 Å². The third-order valence-electron chi connectivity index (χ3n) is 9.34. The van der Waals surface area contributed by atoms with E-state index in [0.717, 1.165) is 30.5 Å². The van der Waals surface area contributed by atoms with Gasteiger partial charge in [0.2, 0.25) is 0 Å². The van der Waals surface area contributed by atoms with Crippen LogP contribution in [0.15, 0.2) is 72.5 Å². The number of nitrogens with zero attached hydrogens (tertiary/aromatic N) is 1. The number of piperidine rings is 1. The average molecular weight is 646 g/mol. The zero-order valence-electron chi connectivity index (χ0n) is 25.4. The average Bonchev–Trinajstić information content (AvgIpc) is 3.36. The van der Waals surface area contributed by atoms with Crippen LogP contribution in [0.2, 0.25) is 0 Å².